The summed E-state index contributed by atoms with van der Waals surface area (Å²) in [7, 11) is 0. The summed E-state index contributed by atoms with van der Waals surface area (Å²) in [5.74, 6) is 0.200. The van der Waals surface area contributed by atoms with Crippen molar-refractivity contribution in [1.82, 2.24) is 4.98 Å². The number of aromatic nitrogens is 1. The Labute approximate surface area is 107 Å². The lowest BCUT2D eigenvalue weighted by molar-refractivity contribution is -0.384. The Hall–Kier alpha value is -2.57. The first-order chi connectivity index (χ1) is 9.16. The fraction of sp³-hybridized carbons (Fsp3) is 0.250. The van der Waals surface area contributed by atoms with E-state index in [1.807, 2.05) is 0 Å². The molecule has 0 bridgehead atoms. The first-order valence-electron chi connectivity index (χ1n) is 5.88. The number of hydrogen-bond donors (Lipinski definition) is 2. The van der Waals surface area contributed by atoms with Crippen LogP contribution in [-0.2, 0) is 0 Å². The van der Waals surface area contributed by atoms with E-state index in [4.69, 9.17) is 4.74 Å². The minimum atomic E-state index is -0.464. The van der Waals surface area contributed by atoms with Gasteiger partial charge in [-0.25, -0.2) is 0 Å². The summed E-state index contributed by atoms with van der Waals surface area (Å²) >= 11 is 0. The van der Waals surface area contributed by atoms with E-state index in [2.05, 4.69) is 10.3 Å². The molecule has 0 radical (unpaired) electrons. The SMILES string of the molecule is O=c1[nH]c2ccc([N+](=O)[O-])cc2c2c1OCCCN2. The zero-order chi connectivity index (χ0) is 13.4. The highest BCUT2D eigenvalue weighted by atomic mass is 16.6. The Morgan fingerprint density at radius 3 is 3.00 bits per heavy atom. The Balaban J connectivity index is 2.33. The molecule has 2 aromatic rings. The number of H-pyrrole nitrogens is 1. The summed E-state index contributed by atoms with van der Waals surface area (Å²) in [5, 5.41) is 14.5. The van der Waals surface area contributed by atoms with Crippen LogP contribution in [0.3, 0.4) is 0 Å². The first kappa shape index (κ1) is 11.5. The Morgan fingerprint density at radius 1 is 1.37 bits per heavy atom. The highest BCUT2D eigenvalue weighted by Gasteiger charge is 2.18. The second kappa shape index (κ2) is 4.27. The van der Waals surface area contributed by atoms with E-state index in [9.17, 15) is 14.9 Å². The molecule has 2 heterocycles. The van der Waals surface area contributed by atoms with Gasteiger partial charge in [-0.2, -0.15) is 0 Å². The number of ether oxygens (including phenoxy) is 1. The van der Waals surface area contributed by atoms with Crippen LogP contribution in [-0.4, -0.2) is 23.1 Å². The summed E-state index contributed by atoms with van der Waals surface area (Å²) in [6.07, 6.45) is 0.768. The third-order valence-corrected chi connectivity index (χ3v) is 3.03. The molecule has 0 atom stereocenters. The van der Waals surface area contributed by atoms with Gasteiger partial charge in [-0.05, 0) is 12.5 Å². The molecule has 1 aliphatic heterocycles. The largest absolute Gasteiger partial charge is 0.486 e. The summed E-state index contributed by atoms with van der Waals surface area (Å²) in [6, 6.07) is 4.33. The topological polar surface area (TPSA) is 97.3 Å². The van der Waals surface area contributed by atoms with Crippen LogP contribution in [0.2, 0.25) is 0 Å². The maximum absolute atomic E-state index is 11.9. The van der Waals surface area contributed by atoms with Crippen molar-refractivity contribution in [2.75, 3.05) is 18.5 Å². The molecular formula is C12H11N3O4. The van der Waals surface area contributed by atoms with Gasteiger partial charge in [0.1, 0.15) is 0 Å². The van der Waals surface area contributed by atoms with Gasteiger partial charge in [-0.15, -0.1) is 0 Å². The second-order valence-electron chi connectivity index (χ2n) is 4.27. The van der Waals surface area contributed by atoms with Crippen molar-refractivity contribution in [2.24, 2.45) is 0 Å². The number of benzene rings is 1. The van der Waals surface area contributed by atoms with Crippen LogP contribution >= 0.6 is 0 Å². The highest BCUT2D eigenvalue weighted by molar-refractivity contribution is 5.95. The zero-order valence-electron chi connectivity index (χ0n) is 9.93. The molecule has 0 unspecified atom stereocenters. The van der Waals surface area contributed by atoms with Crippen LogP contribution in [0.15, 0.2) is 23.0 Å². The van der Waals surface area contributed by atoms with Gasteiger partial charge in [0.15, 0.2) is 0 Å². The van der Waals surface area contributed by atoms with E-state index in [1.165, 1.54) is 18.2 Å². The molecule has 1 aliphatic rings. The molecule has 1 aromatic carbocycles. The zero-order valence-corrected chi connectivity index (χ0v) is 9.93. The molecule has 0 aliphatic carbocycles. The fourth-order valence-electron chi connectivity index (χ4n) is 2.15. The van der Waals surface area contributed by atoms with Crippen LogP contribution in [0.25, 0.3) is 10.9 Å². The van der Waals surface area contributed by atoms with Gasteiger partial charge >= 0.3 is 0 Å². The lowest BCUT2D eigenvalue weighted by atomic mass is 10.1. The van der Waals surface area contributed by atoms with Gasteiger partial charge in [0, 0.05) is 24.1 Å². The van der Waals surface area contributed by atoms with Crippen molar-refractivity contribution in [2.45, 2.75) is 6.42 Å². The van der Waals surface area contributed by atoms with E-state index in [-0.39, 0.29) is 17.0 Å². The number of nitrogens with one attached hydrogen (secondary N) is 2. The predicted octanol–water partition coefficient (Wildman–Crippen LogP) is 1.63. The van der Waals surface area contributed by atoms with E-state index < -0.39 is 4.92 Å². The number of anilines is 1. The van der Waals surface area contributed by atoms with E-state index in [0.717, 1.165) is 6.42 Å². The molecule has 0 fully saturated rings. The van der Waals surface area contributed by atoms with Gasteiger partial charge in [-0.3, -0.25) is 14.9 Å². The minimum absolute atomic E-state index is 0.0206. The summed E-state index contributed by atoms with van der Waals surface area (Å²) in [6.45, 7) is 1.11. The molecule has 19 heavy (non-hydrogen) atoms. The molecule has 0 spiro atoms. The quantitative estimate of drug-likeness (QED) is 0.600. The Morgan fingerprint density at radius 2 is 2.21 bits per heavy atom. The van der Waals surface area contributed by atoms with Crippen molar-refractivity contribution >= 4 is 22.3 Å². The number of nitrogens with zero attached hydrogens (tertiary/aromatic N) is 1. The molecular weight excluding hydrogens is 250 g/mol. The van der Waals surface area contributed by atoms with Gasteiger partial charge in [-0.1, -0.05) is 0 Å². The van der Waals surface area contributed by atoms with Crippen molar-refractivity contribution in [3.8, 4) is 5.75 Å². The average molecular weight is 261 g/mol. The van der Waals surface area contributed by atoms with E-state index in [1.54, 1.807) is 0 Å². The number of nitro groups is 1. The molecule has 0 saturated carbocycles. The normalized spacial score (nSPS) is 14.1. The molecule has 98 valence electrons. The minimum Gasteiger partial charge on any atom is -0.486 e. The Kier molecular flexibility index (Phi) is 2.59. The predicted molar refractivity (Wildman–Crippen MR) is 69.8 cm³/mol. The van der Waals surface area contributed by atoms with Gasteiger partial charge < -0.3 is 15.0 Å². The van der Waals surface area contributed by atoms with Crippen LogP contribution < -0.4 is 15.6 Å². The van der Waals surface area contributed by atoms with Crippen molar-refractivity contribution in [3.63, 3.8) is 0 Å². The van der Waals surface area contributed by atoms with Crippen molar-refractivity contribution in [3.05, 3.63) is 38.7 Å². The average Bonchev–Trinajstić information content (AvgIpc) is 2.64. The van der Waals surface area contributed by atoms with Gasteiger partial charge in [0.25, 0.3) is 11.2 Å². The number of non-ortho nitro benzene ring substituents is 1. The highest BCUT2D eigenvalue weighted by Crippen LogP contribution is 2.32. The van der Waals surface area contributed by atoms with Crippen molar-refractivity contribution < 1.29 is 9.66 Å². The monoisotopic (exact) mass is 261 g/mol. The smallest absolute Gasteiger partial charge is 0.292 e. The van der Waals surface area contributed by atoms with Crippen LogP contribution in [0.5, 0.6) is 5.75 Å². The molecule has 2 N–H and O–H groups in total. The number of pyridine rings is 1. The number of aromatic amines is 1. The van der Waals surface area contributed by atoms with Gasteiger partial charge in [0.05, 0.1) is 22.7 Å². The van der Waals surface area contributed by atoms with E-state index >= 15 is 0 Å². The number of fused-ring (bicyclic) bond motifs is 3. The summed E-state index contributed by atoms with van der Waals surface area (Å²) in [4.78, 5) is 24.9. The molecule has 7 nitrogen and oxygen atoms in total. The standard InChI is InChI=1S/C12H11N3O4/c16-12-11-10(13-4-1-5-19-11)8-6-7(15(17)18)2-3-9(8)14-12/h2-3,6,13H,1,4-5H2,(H,14,16). The number of nitro benzene ring substituents is 1. The maximum atomic E-state index is 11.9. The number of hydrogen-bond acceptors (Lipinski definition) is 5. The lowest BCUT2D eigenvalue weighted by Gasteiger charge is -2.10. The lowest BCUT2D eigenvalue weighted by Crippen LogP contribution is -2.12. The molecule has 3 rings (SSSR count). The summed E-state index contributed by atoms with van der Waals surface area (Å²) in [5.41, 5.74) is 0.728. The molecule has 0 amide bonds. The summed E-state index contributed by atoms with van der Waals surface area (Å²) < 4.78 is 5.41. The Bertz CT molecular complexity index is 723. The third-order valence-electron chi connectivity index (χ3n) is 3.03. The molecule has 7 heteroatoms. The van der Waals surface area contributed by atoms with Crippen LogP contribution in [0, 0.1) is 10.1 Å². The first-order valence-corrected chi connectivity index (χ1v) is 5.88. The second-order valence-corrected chi connectivity index (χ2v) is 4.27. The van der Waals surface area contributed by atoms with Crippen molar-refractivity contribution in [1.29, 1.82) is 0 Å². The van der Waals surface area contributed by atoms with Gasteiger partial charge in [0.2, 0.25) is 5.75 Å². The fourth-order valence-corrected chi connectivity index (χ4v) is 2.15. The van der Waals surface area contributed by atoms with Crippen LogP contribution in [0.4, 0.5) is 11.4 Å². The van der Waals surface area contributed by atoms with E-state index in [0.29, 0.717) is 29.7 Å². The third kappa shape index (κ3) is 1.88. The number of rotatable bonds is 1. The van der Waals surface area contributed by atoms with Crippen LogP contribution in [0.1, 0.15) is 6.42 Å². The maximum Gasteiger partial charge on any atom is 0.292 e. The molecule has 0 saturated heterocycles. The molecule has 1 aromatic heterocycles.